The molecular weight excluding hydrogens is 232 g/mol. The van der Waals surface area contributed by atoms with Crippen LogP contribution in [0, 0.1) is 11.3 Å². The van der Waals surface area contributed by atoms with Gasteiger partial charge in [0.1, 0.15) is 0 Å². The zero-order valence-electron chi connectivity index (χ0n) is 13.2. The van der Waals surface area contributed by atoms with Crippen molar-refractivity contribution in [2.24, 2.45) is 11.3 Å². The molecule has 0 aromatic heterocycles. The summed E-state index contributed by atoms with van der Waals surface area (Å²) >= 11 is 0. The highest BCUT2D eigenvalue weighted by Gasteiger charge is 2.44. The molecule has 19 heavy (non-hydrogen) atoms. The zero-order valence-corrected chi connectivity index (χ0v) is 13.2. The smallest absolute Gasteiger partial charge is 0.0309 e. The van der Waals surface area contributed by atoms with Gasteiger partial charge in [-0.2, -0.15) is 0 Å². The Kier molecular flexibility index (Phi) is 3.68. The van der Waals surface area contributed by atoms with E-state index in [1.54, 1.807) is 0 Å². The lowest BCUT2D eigenvalue weighted by Crippen LogP contribution is -2.66. The first-order chi connectivity index (χ1) is 8.99. The molecule has 1 spiro atoms. The van der Waals surface area contributed by atoms with E-state index in [1.807, 2.05) is 0 Å². The van der Waals surface area contributed by atoms with E-state index in [2.05, 4.69) is 31.0 Å². The molecule has 2 aliphatic carbocycles. The van der Waals surface area contributed by atoms with Gasteiger partial charge in [0.2, 0.25) is 0 Å². The molecule has 0 radical (unpaired) electrons. The number of hydrogen-bond donors (Lipinski definition) is 1. The van der Waals surface area contributed by atoms with Crippen molar-refractivity contribution in [1.29, 1.82) is 0 Å². The highest BCUT2D eigenvalue weighted by molar-refractivity contribution is 5.03. The van der Waals surface area contributed by atoms with E-state index in [0.29, 0.717) is 11.0 Å². The molecule has 0 bridgehead atoms. The molecule has 0 aromatic carbocycles. The van der Waals surface area contributed by atoms with Gasteiger partial charge in [0.15, 0.2) is 0 Å². The van der Waals surface area contributed by atoms with Crippen LogP contribution < -0.4 is 5.32 Å². The molecule has 1 heterocycles. The summed E-state index contributed by atoms with van der Waals surface area (Å²) in [6.45, 7) is 11.1. The first-order valence-corrected chi connectivity index (χ1v) is 8.48. The fraction of sp³-hybridized carbons (Fsp3) is 1.00. The van der Waals surface area contributed by atoms with Gasteiger partial charge in [-0.25, -0.2) is 0 Å². The van der Waals surface area contributed by atoms with E-state index < -0.39 is 0 Å². The molecule has 2 saturated carbocycles. The second kappa shape index (κ2) is 5.04. The van der Waals surface area contributed by atoms with Crippen LogP contribution in [0.3, 0.4) is 0 Å². The molecule has 1 N–H and O–H groups in total. The van der Waals surface area contributed by atoms with Gasteiger partial charge in [-0.3, -0.25) is 4.90 Å². The quantitative estimate of drug-likeness (QED) is 0.822. The molecule has 3 fully saturated rings. The van der Waals surface area contributed by atoms with Crippen molar-refractivity contribution < 1.29 is 0 Å². The summed E-state index contributed by atoms with van der Waals surface area (Å²) < 4.78 is 0. The fourth-order valence-electron chi connectivity index (χ4n) is 4.44. The number of rotatable bonds is 2. The lowest BCUT2D eigenvalue weighted by Gasteiger charge is -2.52. The first-order valence-electron chi connectivity index (χ1n) is 8.48. The Morgan fingerprint density at radius 2 is 1.79 bits per heavy atom. The minimum atomic E-state index is 0.400. The Balaban J connectivity index is 1.70. The van der Waals surface area contributed by atoms with Gasteiger partial charge in [0.05, 0.1) is 0 Å². The highest BCUT2D eigenvalue weighted by Crippen LogP contribution is 2.38. The third-order valence-corrected chi connectivity index (χ3v) is 5.89. The van der Waals surface area contributed by atoms with E-state index in [9.17, 15) is 0 Å². The Morgan fingerprint density at radius 1 is 1.11 bits per heavy atom. The standard InChI is InChI=1S/C17H32N2/c1-16(2,3)15-11-18-17(9-4-5-10-17)13-19(15)12-14-7-6-8-14/h14-15,18H,4-13H2,1-3H3. The van der Waals surface area contributed by atoms with Gasteiger partial charge < -0.3 is 5.32 Å². The molecule has 3 rings (SSSR count). The maximum Gasteiger partial charge on any atom is 0.0309 e. The molecule has 110 valence electrons. The molecular formula is C17H32N2. The van der Waals surface area contributed by atoms with Crippen LogP contribution in [0.2, 0.25) is 0 Å². The van der Waals surface area contributed by atoms with Gasteiger partial charge in [0, 0.05) is 31.2 Å². The van der Waals surface area contributed by atoms with Crippen LogP contribution >= 0.6 is 0 Å². The molecule has 2 nitrogen and oxygen atoms in total. The summed E-state index contributed by atoms with van der Waals surface area (Å²) in [5, 5.41) is 3.95. The van der Waals surface area contributed by atoms with Gasteiger partial charge in [-0.15, -0.1) is 0 Å². The van der Waals surface area contributed by atoms with Crippen molar-refractivity contribution in [1.82, 2.24) is 10.2 Å². The maximum atomic E-state index is 3.95. The van der Waals surface area contributed by atoms with Crippen LogP contribution in [0.1, 0.15) is 65.7 Å². The number of nitrogens with one attached hydrogen (secondary N) is 1. The zero-order chi connectivity index (χ0) is 13.5. The summed E-state index contributed by atoms with van der Waals surface area (Å²) in [5.74, 6) is 1.00. The van der Waals surface area contributed by atoms with Crippen molar-refractivity contribution in [3.05, 3.63) is 0 Å². The summed E-state index contributed by atoms with van der Waals surface area (Å²) in [6, 6.07) is 0.722. The van der Waals surface area contributed by atoms with Crippen LogP contribution in [-0.4, -0.2) is 36.1 Å². The van der Waals surface area contributed by atoms with Gasteiger partial charge in [-0.05, 0) is 37.0 Å². The first kappa shape index (κ1) is 13.9. The molecule has 1 saturated heterocycles. The minimum absolute atomic E-state index is 0.400. The Morgan fingerprint density at radius 3 is 2.32 bits per heavy atom. The predicted octanol–water partition coefficient (Wildman–Crippen LogP) is 3.42. The molecule has 2 heteroatoms. The molecule has 1 aliphatic heterocycles. The van der Waals surface area contributed by atoms with Crippen LogP contribution in [0.25, 0.3) is 0 Å². The van der Waals surface area contributed by atoms with E-state index >= 15 is 0 Å². The molecule has 1 atom stereocenters. The van der Waals surface area contributed by atoms with E-state index in [1.165, 1.54) is 64.6 Å². The summed E-state index contributed by atoms with van der Waals surface area (Å²) in [6.07, 6.45) is 10.1. The number of nitrogens with zero attached hydrogens (tertiary/aromatic N) is 1. The van der Waals surface area contributed by atoms with Gasteiger partial charge in [-0.1, -0.05) is 40.0 Å². The van der Waals surface area contributed by atoms with Gasteiger partial charge >= 0.3 is 0 Å². The van der Waals surface area contributed by atoms with Crippen LogP contribution in [0.4, 0.5) is 0 Å². The molecule has 3 aliphatic rings. The van der Waals surface area contributed by atoms with Crippen LogP contribution in [-0.2, 0) is 0 Å². The number of piperazine rings is 1. The molecule has 0 aromatic rings. The van der Waals surface area contributed by atoms with E-state index in [4.69, 9.17) is 0 Å². The van der Waals surface area contributed by atoms with Crippen molar-refractivity contribution in [3.8, 4) is 0 Å². The lowest BCUT2D eigenvalue weighted by molar-refractivity contribution is 0.00445. The molecule has 0 amide bonds. The average Bonchev–Trinajstić information content (AvgIpc) is 2.70. The Hall–Kier alpha value is -0.0800. The summed E-state index contributed by atoms with van der Waals surface area (Å²) in [7, 11) is 0. The van der Waals surface area contributed by atoms with Crippen LogP contribution in [0.15, 0.2) is 0 Å². The normalized spacial score (nSPS) is 32.7. The van der Waals surface area contributed by atoms with E-state index in [-0.39, 0.29) is 0 Å². The molecule has 1 unspecified atom stereocenters. The third kappa shape index (κ3) is 2.85. The van der Waals surface area contributed by atoms with Gasteiger partial charge in [0.25, 0.3) is 0 Å². The van der Waals surface area contributed by atoms with Crippen molar-refractivity contribution >= 4 is 0 Å². The average molecular weight is 264 g/mol. The number of hydrogen-bond acceptors (Lipinski definition) is 2. The highest BCUT2D eigenvalue weighted by atomic mass is 15.3. The SMILES string of the molecule is CC(C)(C)C1CNC2(CCCC2)CN1CC1CCC1. The second-order valence-electron chi connectivity index (χ2n) is 8.48. The van der Waals surface area contributed by atoms with Crippen molar-refractivity contribution in [2.45, 2.75) is 77.3 Å². The predicted molar refractivity (Wildman–Crippen MR) is 81.4 cm³/mol. The third-order valence-electron chi connectivity index (χ3n) is 5.89. The monoisotopic (exact) mass is 264 g/mol. The fourth-order valence-corrected chi connectivity index (χ4v) is 4.44. The largest absolute Gasteiger partial charge is 0.308 e. The Labute approximate surface area is 119 Å². The van der Waals surface area contributed by atoms with Crippen LogP contribution in [0.5, 0.6) is 0 Å². The Bertz CT molecular complexity index is 308. The summed E-state index contributed by atoms with van der Waals surface area (Å²) in [4.78, 5) is 2.87. The maximum absolute atomic E-state index is 3.95. The lowest BCUT2D eigenvalue weighted by atomic mass is 9.78. The van der Waals surface area contributed by atoms with E-state index in [0.717, 1.165) is 12.0 Å². The van der Waals surface area contributed by atoms with Crippen molar-refractivity contribution in [3.63, 3.8) is 0 Å². The minimum Gasteiger partial charge on any atom is -0.308 e. The summed E-state index contributed by atoms with van der Waals surface area (Å²) in [5.41, 5.74) is 0.877. The van der Waals surface area contributed by atoms with Crippen molar-refractivity contribution in [2.75, 3.05) is 19.6 Å². The second-order valence-corrected chi connectivity index (χ2v) is 8.48. The topological polar surface area (TPSA) is 15.3 Å².